The highest BCUT2D eigenvalue weighted by Crippen LogP contribution is 2.34. The number of ether oxygens (including phenoxy) is 1. The first-order valence-corrected chi connectivity index (χ1v) is 9.69. The molecule has 1 saturated heterocycles. The van der Waals surface area contributed by atoms with Gasteiger partial charge < -0.3 is 14.5 Å². The molecule has 1 amide bonds. The van der Waals surface area contributed by atoms with Crippen molar-refractivity contribution in [3.05, 3.63) is 41.7 Å². The van der Waals surface area contributed by atoms with Gasteiger partial charge in [-0.15, -0.1) is 0 Å². The van der Waals surface area contributed by atoms with Crippen molar-refractivity contribution < 1.29 is 14.3 Å². The second-order valence-corrected chi connectivity index (χ2v) is 7.26. The average Bonchev–Trinajstić information content (AvgIpc) is 3.07. The van der Waals surface area contributed by atoms with Crippen molar-refractivity contribution >= 4 is 23.1 Å². The van der Waals surface area contributed by atoms with E-state index in [2.05, 4.69) is 22.9 Å². The number of morpholine rings is 1. The molecule has 0 aromatic heterocycles. The predicted molar refractivity (Wildman–Crippen MR) is 104 cm³/mol. The lowest BCUT2D eigenvalue weighted by molar-refractivity contribution is -0.117. The molecule has 1 aromatic rings. The fourth-order valence-corrected chi connectivity index (χ4v) is 4.07. The van der Waals surface area contributed by atoms with Crippen LogP contribution in [0.1, 0.15) is 31.7 Å². The minimum Gasteiger partial charge on any atom is -0.378 e. The second-order valence-electron chi connectivity index (χ2n) is 7.26. The Labute approximate surface area is 159 Å². The van der Waals surface area contributed by atoms with Gasteiger partial charge in [-0.1, -0.05) is 25.1 Å². The Hall–Kier alpha value is -2.47. The topological polar surface area (TPSA) is 62.2 Å². The molecule has 0 aliphatic carbocycles. The molecule has 27 heavy (non-hydrogen) atoms. The maximum atomic E-state index is 13.1. The summed E-state index contributed by atoms with van der Waals surface area (Å²) >= 11 is 0. The highest BCUT2D eigenvalue weighted by Gasteiger charge is 2.33. The zero-order valence-corrected chi connectivity index (χ0v) is 15.7. The van der Waals surface area contributed by atoms with Crippen LogP contribution in [0.15, 0.2) is 41.2 Å². The lowest BCUT2D eigenvalue weighted by Gasteiger charge is -2.30. The highest BCUT2D eigenvalue weighted by atomic mass is 16.5. The Morgan fingerprint density at radius 2 is 2.04 bits per heavy atom. The Bertz CT molecular complexity index is 809. The van der Waals surface area contributed by atoms with Crippen LogP contribution in [0.25, 0.3) is 0 Å². The Morgan fingerprint density at radius 1 is 1.26 bits per heavy atom. The molecule has 0 unspecified atom stereocenters. The molecule has 142 valence electrons. The number of anilines is 1. The van der Waals surface area contributed by atoms with Crippen LogP contribution in [0.2, 0.25) is 0 Å². The smallest absolute Gasteiger partial charge is 0.232 e. The van der Waals surface area contributed by atoms with Crippen LogP contribution >= 0.6 is 0 Å². The van der Waals surface area contributed by atoms with Gasteiger partial charge in [0, 0.05) is 43.0 Å². The number of allylic oxidation sites excluding steroid dienone is 1. The van der Waals surface area contributed by atoms with Gasteiger partial charge >= 0.3 is 0 Å². The summed E-state index contributed by atoms with van der Waals surface area (Å²) in [4.78, 5) is 34.0. The molecule has 1 aromatic carbocycles. The fourth-order valence-electron chi connectivity index (χ4n) is 4.07. The standard InChI is InChI=1S/C21H25N3O3/c1-2-17-11-15-5-3-4-6-19(15)24(17)21(26)13-16-12-18(25)14-20(22-16)23-7-9-27-10-8-23/h3-6,14,17H,2,7-13H2,1H3/t17-/m0/s1. The summed E-state index contributed by atoms with van der Waals surface area (Å²) in [5, 5.41) is 0. The summed E-state index contributed by atoms with van der Waals surface area (Å²) in [6, 6.07) is 8.27. The van der Waals surface area contributed by atoms with Crippen LogP contribution in [0, 0.1) is 0 Å². The van der Waals surface area contributed by atoms with Crippen molar-refractivity contribution in [1.82, 2.24) is 4.90 Å². The molecular weight excluding hydrogens is 342 g/mol. The van der Waals surface area contributed by atoms with Gasteiger partial charge in [0.2, 0.25) is 5.91 Å². The number of hydrogen-bond acceptors (Lipinski definition) is 5. The van der Waals surface area contributed by atoms with Crippen LogP contribution in [0.3, 0.4) is 0 Å². The average molecular weight is 367 g/mol. The van der Waals surface area contributed by atoms with E-state index in [-0.39, 0.29) is 30.6 Å². The second kappa shape index (κ2) is 7.64. The lowest BCUT2D eigenvalue weighted by Crippen LogP contribution is -2.39. The number of rotatable bonds is 4. The normalized spacial score (nSPS) is 22.4. The SMILES string of the molecule is CC[C@H]1Cc2ccccc2N1C(=O)CC1=NC(N2CCOCC2)=CC(=O)C1. The number of amides is 1. The van der Waals surface area contributed by atoms with Gasteiger partial charge in [0.1, 0.15) is 5.82 Å². The molecule has 1 atom stereocenters. The van der Waals surface area contributed by atoms with Gasteiger partial charge in [-0.2, -0.15) is 0 Å². The van der Waals surface area contributed by atoms with Crippen LogP contribution in [-0.2, 0) is 20.7 Å². The third-order valence-corrected chi connectivity index (χ3v) is 5.44. The minimum absolute atomic E-state index is 0.0168. The highest BCUT2D eigenvalue weighted by molar-refractivity contribution is 6.16. The third-order valence-electron chi connectivity index (χ3n) is 5.44. The number of nitrogens with zero attached hydrogens (tertiary/aromatic N) is 3. The molecule has 3 heterocycles. The molecule has 3 aliphatic rings. The van der Waals surface area contributed by atoms with E-state index in [0.717, 1.165) is 31.6 Å². The van der Waals surface area contributed by atoms with Crippen LogP contribution in [0.5, 0.6) is 0 Å². The molecule has 6 nitrogen and oxygen atoms in total. The fraction of sp³-hybridized carbons (Fsp3) is 0.476. The summed E-state index contributed by atoms with van der Waals surface area (Å²) in [5.41, 5.74) is 2.88. The third kappa shape index (κ3) is 3.67. The van der Waals surface area contributed by atoms with Gasteiger partial charge in [-0.05, 0) is 24.5 Å². The number of hydrogen-bond donors (Lipinski definition) is 0. The monoisotopic (exact) mass is 367 g/mol. The lowest BCUT2D eigenvalue weighted by atomic mass is 10.1. The summed E-state index contributed by atoms with van der Waals surface area (Å²) in [6.07, 6.45) is 3.82. The van der Waals surface area contributed by atoms with Crippen molar-refractivity contribution in [2.75, 3.05) is 31.2 Å². The van der Waals surface area contributed by atoms with E-state index in [1.807, 2.05) is 23.1 Å². The van der Waals surface area contributed by atoms with E-state index in [4.69, 9.17) is 4.74 Å². The predicted octanol–water partition coefficient (Wildman–Crippen LogP) is 2.33. The molecule has 4 rings (SSSR count). The Kier molecular flexibility index (Phi) is 5.07. The number of benzene rings is 1. The van der Waals surface area contributed by atoms with E-state index in [9.17, 15) is 9.59 Å². The molecule has 0 saturated carbocycles. The molecule has 0 radical (unpaired) electrons. The number of carbonyl (C=O) groups excluding carboxylic acids is 2. The van der Waals surface area contributed by atoms with Gasteiger partial charge in [0.25, 0.3) is 0 Å². The van der Waals surface area contributed by atoms with Crippen molar-refractivity contribution in [2.24, 2.45) is 4.99 Å². The van der Waals surface area contributed by atoms with Gasteiger partial charge in [-0.3, -0.25) is 9.59 Å². The summed E-state index contributed by atoms with van der Waals surface area (Å²) in [5.74, 6) is 0.718. The quantitative estimate of drug-likeness (QED) is 0.819. The van der Waals surface area contributed by atoms with Gasteiger partial charge in [0.05, 0.1) is 19.6 Å². The molecule has 0 N–H and O–H groups in total. The number of carbonyl (C=O) groups is 2. The first-order valence-electron chi connectivity index (χ1n) is 9.69. The number of aliphatic imine (C=N–C) groups is 1. The summed E-state index contributed by atoms with van der Waals surface area (Å²) in [6.45, 7) is 4.83. The minimum atomic E-state index is 0.0168. The molecule has 6 heteroatoms. The van der Waals surface area contributed by atoms with Gasteiger partial charge in [0.15, 0.2) is 5.78 Å². The molecule has 0 bridgehead atoms. The van der Waals surface area contributed by atoms with E-state index in [1.165, 1.54) is 5.56 Å². The zero-order chi connectivity index (χ0) is 18.8. The summed E-state index contributed by atoms with van der Waals surface area (Å²) in [7, 11) is 0. The first-order chi connectivity index (χ1) is 13.2. The Balaban J connectivity index is 1.52. The van der Waals surface area contributed by atoms with Crippen LogP contribution in [0.4, 0.5) is 5.69 Å². The van der Waals surface area contributed by atoms with E-state index in [0.29, 0.717) is 24.7 Å². The largest absolute Gasteiger partial charge is 0.378 e. The van der Waals surface area contributed by atoms with Crippen molar-refractivity contribution in [3.8, 4) is 0 Å². The van der Waals surface area contributed by atoms with E-state index < -0.39 is 0 Å². The number of para-hydroxylation sites is 1. The number of fused-ring (bicyclic) bond motifs is 1. The van der Waals surface area contributed by atoms with E-state index >= 15 is 0 Å². The van der Waals surface area contributed by atoms with Gasteiger partial charge in [-0.25, -0.2) is 4.99 Å². The molecule has 1 fully saturated rings. The van der Waals surface area contributed by atoms with Crippen molar-refractivity contribution in [3.63, 3.8) is 0 Å². The first kappa shape index (κ1) is 17.9. The Morgan fingerprint density at radius 3 is 2.81 bits per heavy atom. The summed E-state index contributed by atoms with van der Waals surface area (Å²) < 4.78 is 5.37. The maximum Gasteiger partial charge on any atom is 0.232 e. The van der Waals surface area contributed by atoms with Crippen molar-refractivity contribution in [1.29, 1.82) is 0 Å². The van der Waals surface area contributed by atoms with Crippen molar-refractivity contribution in [2.45, 2.75) is 38.6 Å². The van der Waals surface area contributed by atoms with Crippen LogP contribution in [-0.4, -0.2) is 54.6 Å². The maximum absolute atomic E-state index is 13.1. The molecule has 3 aliphatic heterocycles. The zero-order valence-electron chi connectivity index (χ0n) is 15.7. The molecule has 0 spiro atoms. The van der Waals surface area contributed by atoms with E-state index in [1.54, 1.807) is 6.08 Å². The number of ketones is 1. The molecular formula is C21H25N3O3. The van der Waals surface area contributed by atoms with Crippen LogP contribution < -0.4 is 4.90 Å².